The highest BCUT2D eigenvalue weighted by Gasteiger charge is 2.34. The normalized spacial score (nSPS) is 13.6. The van der Waals surface area contributed by atoms with Gasteiger partial charge in [0, 0.05) is 11.8 Å². The van der Waals surface area contributed by atoms with Gasteiger partial charge in [0.1, 0.15) is 17.6 Å². The van der Waals surface area contributed by atoms with E-state index in [-0.39, 0.29) is 35.2 Å². The molecule has 3 heterocycles. The van der Waals surface area contributed by atoms with E-state index < -0.39 is 0 Å². The fraction of sp³-hybridized carbons (Fsp3) is 0.261. The molecule has 0 fully saturated rings. The number of hydrogen-bond acceptors (Lipinski definition) is 5. The summed E-state index contributed by atoms with van der Waals surface area (Å²) in [7, 11) is 1.54. The van der Waals surface area contributed by atoms with Gasteiger partial charge in [0.25, 0.3) is 5.91 Å². The van der Waals surface area contributed by atoms with Gasteiger partial charge in [-0.25, -0.2) is 14.4 Å². The van der Waals surface area contributed by atoms with Crippen molar-refractivity contribution in [2.24, 2.45) is 0 Å². The monoisotopic (exact) mass is 440 g/mol. The summed E-state index contributed by atoms with van der Waals surface area (Å²) in [5.41, 5.74) is 3.77. The first-order valence-corrected chi connectivity index (χ1v) is 10.2. The number of nitrogens with zero attached hydrogens (tertiary/aromatic N) is 4. The van der Waals surface area contributed by atoms with Crippen molar-refractivity contribution < 1.29 is 13.9 Å². The fourth-order valence-corrected chi connectivity index (χ4v) is 3.92. The first kappa shape index (κ1) is 21.1. The van der Waals surface area contributed by atoms with Gasteiger partial charge in [-0.1, -0.05) is 25.4 Å². The summed E-state index contributed by atoms with van der Waals surface area (Å²) in [5, 5.41) is 0.224. The van der Waals surface area contributed by atoms with Crippen LogP contribution in [0.2, 0.25) is 5.15 Å². The van der Waals surface area contributed by atoms with E-state index in [4.69, 9.17) is 16.3 Å². The van der Waals surface area contributed by atoms with Crippen LogP contribution in [0.1, 0.15) is 41.5 Å². The molecule has 0 spiro atoms. The number of hydrogen-bond donors (Lipinski definition) is 0. The number of fused-ring (bicyclic) bond motifs is 1. The van der Waals surface area contributed by atoms with E-state index in [9.17, 15) is 9.18 Å². The Labute approximate surface area is 185 Å². The van der Waals surface area contributed by atoms with Crippen molar-refractivity contribution in [1.29, 1.82) is 0 Å². The summed E-state index contributed by atoms with van der Waals surface area (Å²) >= 11 is 6.12. The molecule has 0 N–H and O–H groups in total. The maximum absolute atomic E-state index is 14.0. The van der Waals surface area contributed by atoms with Crippen LogP contribution in [0.15, 0.2) is 42.5 Å². The zero-order valence-electron chi connectivity index (χ0n) is 17.7. The van der Waals surface area contributed by atoms with Crippen molar-refractivity contribution in [3.8, 4) is 5.88 Å². The number of aromatic nitrogens is 2. The van der Waals surface area contributed by atoms with Gasteiger partial charge < -0.3 is 9.64 Å². The Morgan fingerprint density at radius 2 is 1.74 bits per heavy atom. The van der Waals surface area contributed by atoms with E-state index in [1.54, 1.807) is 42.3 Å². The molecular weight excluding hydrogens is 419 g/mol. The number of carbonyl (C=O) groups is 1. The number of carbonyl (C=O) groups excluding carboxylic acids is 1. The van der Waals surface area contributed by atoms with E-state index in [0.717, 1.165) is 11.3 Å². The number of ether oxygens (including phenoxy) is 1. The lowest BCUT2D eigenvalue weighted by atomic mass is 9.99. The Morgan fingerprint density at radius 1 is 1.03 bits per heavy atom. The second-order valence-corrected chi connectivity index (χ2v) is 8.01. The number of benzene rings is 1. The molecule has 4 rings (SSSR count). The van der Waals surface area contributed by atoms with Crippen molar-refractivity contribution in [3.05, 3.63) is 70.4 Å². The van der Waals surface area contributed by atoms with Gasteiger partial charge >= 0.3 is 0 Å². The summed E-state index contributed by atoms with van der Waals surface area (Å²) in [6, 6.07) is 11.6. The summed E-state index contributed by atoms with van der Waals surface area (Å²) in [5.74, 6) is -0.0475. The minimum absolute atomic E-state index is 0.0740. The van der Waals surface area contributed by atoms with Crippen molar-refractivity contribution in [2.45, 2.75) is 26.7 Å². The lowest BCUT2D eigenvalue weighted by Gasteiger charge is -2.39. The van der Waals surface area contributed by atoms with E-state index in [1.807, 2.05) is 25.7 Å². The molecule has 1 aromatic carbocycles. The minimum Gasteiger partial charge on any atom is -0.481 e. The third-order valence-corrected chi connectivity index (χ3v) is 5.51. The molecule has 0 radical (unpaired) electrons. The molecule has 160 valence electrons. The SMILES string of the molecule is COc1ccc(N2CN(c3ccc(F)cc3C(C)C)c3ccc(Cl)nc3C2=O)c(C)n1. The number of aryl methyl sites for hydroxylation is 1. The Kier molecular flexibility index (Phi) is 5.54. The average Bonchev–Trinajstić information content (AvgIpc) is 2.74. The largest absolute Gasteiger partial charge is 0.481 e. The Balaban J connectivity index is 1.89. The molecule has 2 aromatic heterocycles. The summed E-state index contributed by atoms with van der Waals surface area (Å²) in [4.78, 5) is 25.7. The van der Waals surface area contributed by atoms with Crippen LogP contribution in [0.25, 0.3) is 0 Å². The standard InChI is InChI=1S/C23H22ClFN4O2/c1-13(2)16-11-15(25)5-6-18(16)28-12-29(17-8-10-21(31-4)26-14(17)3)23(30)22-19(28)7-9-20(24)27-22/h5-11,13H,12H2,1-4H3. The topological polar surface area (TPSA) is 58.6 Å². The molecule has 1 aliphatic rings. The van der Waals surface area contributed by atoms with Crippen LogP contribution in [0.4, 0.5) is 21.5 Å². The van der Waals surface area contributed by atoms with Crippen LogP contribution >= 0.6 is 11.6 Å². The van der Waals surface area contributed by atoms with Crippen LogP contribution in [0, 0.1) is 12.7 Å². The molecular formula is C23H22ClFN4O2. The number of pyridine rings is 2. The average molecular weight is 441 g/mol. The van der Waals surface area contributed by atoms with E-state index in [0.29, 0.717) is 22.9 Å². The molecule has 6 nitrogen and oxygen atoms in total. The number of anilines is 3. The maximum Gasteiger partial charge on any atom is 0.280 e. The Morgan fingerprint density at radius 3 is 2.42 bits per heavy atom. The van der Waals surface area contributed by atoms with Crippen LogP contribution in [0.3, 0.4) is 0 Å². The van der Waals surface area contributed by atoms with Crippen molar-refractivity contribution in [2.75, 3.05) is 23.6 Å². The summed E-state index contributed by atoms with van der Waals surface area (Å²) < 4.78 is 19.2. The highest BCUT2D eigenvalue weighted by molar-refractivity contribution is 6.30. The fourth-order valence-electron chi connectivity index (χ4n) is 3.77. The third kappa shape index (κ3) is 3.81. The highest BCUT2D eigenvalue weighted by Crippen LogP contribution is 2.39. The van der Waals surface area contributed by atoms with Crippen LogP contribution in [-0.4, -0.2) is 29.7 Å². The lowest BCUT2D eigenvalue weighted by molar-refractivity contribution is 0.0978. The minimum atomic E-state index is -0.304. The van der Waals surface area contributed by atoms with Crippen LogP contribution in [0.5, 0.6) is 5.88 Å². The molecule has 8 heteroatoms. The lowest BCUT2D eigenvalue weighted by Crippen LogP contribution is -2.46. The smallest absolute Gasteiger partial charge is 0.280 e. The predicted octanol–water partition coefficient (Wildman–Crippen LogP) is 5.47. The van der Waals surface area contributed by atoms with E-state index in [2.05, 4.69) is 9.97 Å². The zero-order valence-corrected chi connectivity index (χ0v) is 18.4. The van der Waals surface area contributed by atoms with Gasteiger partial charge in [0.05, 0.1) is 24.2 Å². The van der Waals surface area contributed by atoms with Crippen molar-refractivity contribution in [3.63, 3.8) is 0 Å². The quantitative estimate of drug-likeness (QED) is 0.504. The van der Waals surface area contributed by atoms with Crippen molar-refractivity contribution in [1.82, 2.24) is 9.97 Å². The molecule has 31 heavy (non-hydrogen) atoms. The Hall–Kier alpha value is -3.19. The van der Waals surface area contributed by atoms with Crippen LogP contribution in [-0.2, 0) is 0 Å². The second kappa shape index (κ2) is 8.15. The number of halogens is 2. The first-order valence-electron chi connectivity index (χ1n) is 9.87. The maximum atomic E-state index is 14.0. The second-order valence-electron chi connectivity index (χ2n) is 7.62. The molecule has 0 saturated heterocycles. The van der Waals surface area contributed by atoms with Gasteiger partial charge in [0.15, 0.2) is 5.69 Å². The van der Waals surface area contributed by atoms with Gasteiger partial charge in [-0.3, -0.25) is 9.69 Å². The predicted molar refractivity (Wildman–Crippen MR) is 119 cm³/mol. The highest BCUT2D eigenvalue weighted by atomic mass is 35.5. The molecule has 0 unspecified atom stereocenters. The molecule has 0 aliphatic carbocycles. The van der Waals surface area contributed by atoms with Gasteiger partial charge in [-0.2, -0.15) is 0 Å². The molecule has 3 aromatic rings. The zero-order chi connectivity index (χ0) is 22.3. The Bertz CT molecular complexity index is 1170. The van der Waals surface area contributed by atoms with Gasteiger partial charge in [-0.05, 0) is 54.8 Å². The van der Waals surface area contributed by atoms with Gasteiger partial charge in [-0.15, -0.1) is 0 Å². The molecule has 0 bridgehead atoms. The molecule has 0 saturated carbocycles. The van der Waals surface area contributed by atoms with E-state index in [1.165, 1.54) is 12.1 Å². The molecule has 1 amide bonds. The number of rotatable bonds is 4. The first-order chi connectivity index (χ1) is 14.8. The molecule has 1 aliphatic heterocycles. The van der Waals surface area contributed by atoms with Crippen LogP contribution < -0.4 is 14.5 Å². The molecule has 0 atom stereocenters. The number of amides is 1. The van der Waals surface area contributed by atoms with Crippen molar-refractivity contribution >= 4 is 34.6 Å². The summed E-state index contributed by atoms with van der Waals surface area (Å²) in [6.07, 6.45) is 0. The number of methoxy groups -OCH3 is 1. The van der Waals surface area contributed by atoms with Gasteiger partial charge in [0.2, 0.25) is 5.88 Å². The van der Waals surface area contributed by atoms with E-state index >= 15 is 0 Å². The third-order valence-electron chi connectivity index (χ3n) is 5.30. The summed E-state index contributed by atoms with van der Waals surface area (Å²) in [6.45, 7) is 6.04.